The molecule has 0 aromatic heterocycles. The minimum absolute atomic E-state index is 0. The second-order valence-corrected chi connectivity index (χ2v) is 7.20. The van der Waals surface area contributed by atoms with Gasteiger partial charge in [-0.25, -0.2) is 0 Å². The van der Waals surface area contributed by atoms with E-state index in [1.165, 1.54) is 16.7 Å². The molecule has 1 aliphatic rings. The van der Waals surface area contributed by atoms with Gasteiger partial charge >= 0.3 is 0 Å². The molecule has 1 saturated heterocycles. The maximum Gasteiger partial charge on any atom is 0.191 e. The van der Waals surface area contributed by atoms with Crippen molar-refractivity contribution in [2.75, 3.05) is 40.3 Å². The van der Waals surface area contributed by atoms with Crippen molar-refractivity contribution in [3.8, 4) is 5.75 Å². The van der Waals surface area contributed by atoms with Crippen molar-refractivity contribution < 1.29 is 4.74 Å². The Labute approximate surface area is 181 Å². The highest BCUT2D eigenvalue weighted by atomic mass is 127. The predicted octanol–water partition coefficient (Wildman–Crippen LogP) is 3.37. The molecule has 1 aromatic rings. The summed E-state index contributed by atoms with van der Waals surface area (Å²) in [5, 5.41) is 6.99. The summed E-state index contributed by atoms with van der Waals surface area (Å²) in [4.78, 5) is 6.84. The molecular weight excluding hydrogens is 451 g/mol. The van der Waals surface area contributed by atoms with Gasteiger partial charge in [-0.1, -0.05) is 24.3 Å². The Bertz CT molecular complexity index is 625. The Morgan fingerprint density at radius 1 is 1.33 bits per heavy atom. The first-order chi connectivity index (χ1) is 12.5. The highest BCUT2D eigenvalue weighted by Gasteiger charge is 2.19. The summed E-state index contributed by atoms with van der Waals surface area (Å²) >= 11 is 0. The Morgan fingerprint density at radius 2 is 2.04 bits per heavy atom. The van der Waals surface area contributed by atoms with Gasteiger partial charge in [-0.05, 0) is 50.3 Å². The van der Waals surface area contributed by atoms with E-state index in [0.717, 1.165) is 57.2 Å². The number of rotatable bonds is 7. The zero-order chi connectivity index (χ0) is 18.9. The number of aryl methyl sites for hydroxylation is 1. The number of guanidine groups is 1. The van der Waals surface area contributed by atoms with Crippen LogP contribution in [-0.4, -0.2) is 57.2 Å². The number of aliphatic imine (C=N–C) groups is 1. The number of likely N-dealkylation sites (tertiary alicyclic amines) is 1. The third-order valence-corrected chi connectivity index (χ3v) is 4.82. The van der Waals surface area contributed by atoms with E-state index >= 15 is 0 Å². The summed E-state index contributed by atoms with van der Waals surface area (Å²) in [6.45, 7) is 12.3. The van der Waals surface area contributed by atoms with Gasteiger partial charge in [-0.3, -0.25) is 9.89 Å². The van der Waals surface area contributed by atoms with Crippen LogP contribution >= 0.6 is 24.0 Å². The molecule has 0 atom stereocenters. The summed E-state index contributed by atoms with van der Waals surface area (Å²) in [7, 11) is 3.55. The molecule has 1 fully saturated rings. The number of hydrogen-bond donors (Lipinski definition) is 2. The van der Waals surface area contributed by atoms with Crippen molar-refractivity contribution in [2.45, 2.75) is 39.2 Å². The third kappa shape index (κ3) is 8.09. The largest absolute Gasteiger partial charge is 0.496 e. The van der Waals surface area contributed by atoms with Gasteiger partial charge in [-0.15, -0.1) is 24.0 Å². The Morgan fingerprint density at radius 3 is 2.63 bits per heavy atom. The first-order valence-electron chi connectivity index (χ1n) is 9.49. The first kappa shape index (κ1) is 23.8. The van der Waals surface area contributed by atoms with Crippen LogP contribution in [0.15, 0.2) is 35.3 Å². The number of hydrogen-bond acceptors (Lipinski definition) is 3. The topological polar surface area (TPSA) is 48.9 Å². The van der Waals surface area contributed by atoms with E-state index in [1.807, 2.05) is 7.05 Å². The molecule has 6 heteroatoms. The second kappa shape index (κ2) is 12.2. The van der Waals surface area contributed by atoms with Crippen molar-refractivity contribution in [1.29, 1.82) is 0 Å². The van der Waals surface area contributed by atoms with Crippen LogP contribution in [0.2, 0.25) is 0 Å². The van der Waals surface area contributed by atoms with Crippen LogP contribution in [0.25, 0.3) is 0 Å². The minimum atomic E-state index is 0. The summed E-state index contributed by atoms with van der Waals surface area (Å²) in [5.41, 5.74) is 3.67. The standard InChI is InChI=1S/C21H34N4O.HI/c1-16(2)15-25-12-9-19(10-13-25)24-21(22-4)23-11-8-18-7-6-17(3)20(14-18)26-5;/h6-7,14,19H,1,8-13,15H2,2-5H3,(H2,22,23,24);1H. The number of nitrogens with zero attached hydrogens (tertiary/aromatic N) is 2. The Kier molecular flexibility index (Phi) is 10.8. The highest BCUT2D eigenvalue weighted by Crippen LogP contribution is 2.19. The van der Waals surface area contributed by atoms with Crippen molar-refractivity contribution in [3.63, 3.8) is 0 Å². The lowest BCUT2D eigenvalue weighted by Crippen LogP contribution is -2.49. The lowest BCUT2D eigenvalue weighted by Gasteiger charge is -2.33. The maximum absolute atomic E-state index is 5.40. The maximum atomic E-state index is 5.40. The van der Waals surface area contributed by atoms with E-state index < -0.39 is 0 Å². The molecular formula is C21H35IN4O. The number of methoxy groups -OCH3 is 1. The molecule has 0 unspecified atom stereocenters. The fourth-order valence-corrected chi connectivity index (χ4v) is 3.35. The number of halogens is 1. The Balaban J connectivity index is 0.00000364. The van der Waals surface area contributed by atoms with E-state index in [4.69, 9.17) is 4.74 Å². The number of piperidine rings is 1. The van der Waals surface area contributed by atoms with Crippen LogP contribution in [-0.2, 0) is 6.42 Å². The summed E-state index contributed by atoms with van der Waals surface area (Å²) in [5.74, 6) is 1.84. The first-order valence-corrected chi connectivity index (χ1v) is 9.49. The van der Waals surface area contributed by atoms with Gasteiger partial charge in [0.1, 0.15) is 5.75 Å². The van der Waals surface area contributed by atoms with Gasteiger partial charge in [0, 0.05) is 39.3 Å². The molecule has 0 bridgehead atoms. The molecule has 1 heterocycles. The third-order valence-electron chi connectivity index (χ3n) is 4.82. The van der Waals surface area contributed by atoms with Crippen molar-refractivity contribution in [2.24, 2.45) is 4.99 Å². The summed E-state index contributed by atoms with van der Waals surface area (Å²) < 4.78 is 5.40. The normalized spacial score (nSPS) is 15.8. The van der Waals surface area contributed by atoms with E-state index in [-0.39, 0.29) is 24.0 Å². The molecule has 152 valence electrons. The van der Waals surface area contributed by atoms with Crippen molar-refractivity contribution >= 4 is 29.9 Å². The average molecular weight is 486 g/mol. The number of nitrogens with one attached hydrogen (secondary N) is 2. The quantitative estimate of drug-likeness (QED) is 0.269. The zero-order valence-corrected chi connectivity index (χ0v) is 19.5. The van der Waals surface area contributed by atoms with Gasteiger partial charge in [0.05, 0.1) is 7.11 Å². The lowest BCUT2D eigenvalue weighted by molar-refractivity contribution is 0.221. The minimum Gasteiger partial charge on any atom is -0.496 e. The van der Waals surface area contributed by atoms with Gasteiger partial charge < -0.3 is 15.4 Å². The van der Waals surface area contributed by atoms with Crippen LogP contribution in [0.5, 0.6) is 5.75 Å². The average Bonchev–Trinajstić information content (AvgIpc) is 2.63. The van der Waals surface area contributed by atoms with E-state index in [9.17, 15) is 0 Å². The van der Waals surface area contributed by atoms with Gasteiger partial charge in [0.15, 0.2) is 5.96 Å². The summed E-state index contributed by atoms with van der Waals surface area (Å²) in [6.07, 6.45) is 3.22. The predicted molar refractivity (Wildman–Crippen MR) is 126 cm³/mol. The van der Waals surface area contributed by atoms with Crippen LogP contribution in [0.4, 0.5) is 0 Å². The fourth-order valence-electron chi connectivity index (χ4n) is 3.35. The summed E-state index contributed by atoms with van der Waals surface area (Å²) in [6, 6.07) is 6.87. The van der Waals surface area contributed by atoms with Gasteiger partial charge in [0.25, 0.3) is 0 Å². The molecule has 1 aliphatic heterocycles. The van der Waals surface area contributed by atoms with E-state index in [1.54, 1.807) is 7.11 Å². The zero-order valence-electron chi connectivity index (χ0n) is 17.2. The fraction of sp³-hybridized carbons (Fsp3) is 0.571. The van der Waals surface area contributed by atoms with Crippen LogP contribution < -0.4 is 15.4 Å². The molecule has 2 N–H and O–H groups in total. The molecule has 2 rings (SSSR count). The van der Waals surface area contributed by atoms with E-state index in [0.29, 0.717) is 6.04 Å². The van der Waals surface area contributed by atoms with Crippen LogP contribution in [0.1, 0.15) is 30.9 Å². The smallest absolute Gasteiger partial charge is 0.191 e. The molecule has 5 nitrogen and oxygen atoms in total. The highest BCUT2D eigenvalue weighted by molar-refractivity contribution is 14.0. The Hall–Kier alpha value is -1.28. The van der Waals surface area contributed by atoms with Crippen LogP contribution in [0.3, 0.4) is 0 Å². The SMILES string of the molecule is C=C(C)CN1CCC(NC(=NC)NCCc2ccc(C)c(OC)c2)CC1.I. The molecule has 0 saturated carbocycles. The molecule has 0 radical (unpaired) electrons. The number of ether oxygens (including phenoxy) is 1. The number of benzene rings is 1. The van der Waals surface area contributed by atoms with Crippen molar-refractivity contribution in [3.05, 3.63) is 41.5 Å². The van der Waals surface area contributed by atoms with Crippen LogP contribution in [0, 0.1) is 6.92 Å². The lowest BCUT2D eigenvalue weighted by atomic mass is 10.0. The molecule has 1 aromatic carbocycles. The van der Waals surface area contributed by atoms with E-state index in [2.05, 4.69) is 59.2 Å². The molecule has 0 amide bonds. The molecule has 0 spiro atoms. The van der Waals surface area contributed by atoms with Crippen molar-refractivity contribution in [1.82, 2.24) is 15.5 Å². The molecule has 0 aliphatic carbocycles. The monoisotopic (exact) mass is 486 g/mol. The molecule has 27 heavy (non-hydrogen) atoms. The van der Waals surface area contributed by atoms with Gasteiger partial charge in [-0.2, -0.15) is 0 Å². The second-order valence-electron chi connectivity index (χ2n) is 7.20. The van der Waals surface area contributed by atoms with Gasteiger partial charge in [0.2, 0.25) is 0 Å².